The lowest BCUT2D eigenvalue weighted by Crippen LogP contribution is -2.19. The summed E-state index contributed by atoms with van der Waals surface area (Å²) in [5.41, 5.74) is 1.90. The molecule has 0 aliphatic heterocycles. The summed E-state index contributed by atoms with van der Waals surface area (Å²) < 4.78 is 5.95. The summed E-state index contributed by atoms with van der Waals surface area (Å²) in [5, 5.41) is 13.9. The van der Waals surface area contributed by atoms with Gasteiger partial charge >= 0.3 is 0 Å². The van der Waals surface area contributed by atoms with Gasteiger partial charge in [-0.3, -0.25) is 9.59 Å². The number of carbonyl (C=O) groups excluding carboxylic acids is 1. The maximum absolute atomic E-state index is 12.2. The molecular weight excluding hydrogens is 308 g/mol. The standard InChI is InChI=1S/C18H16N2O4/c1-20-15-9-13(19-10-12-5-3-2-4-6-12)7-8-14(15)16(22)17(18(20)23)24-11-21/h2-9,11,19,22H,10H2,1H3. The van der Waals surface area contributed by atoms with E-state index < -0.39 is 5.56 Å². The van der Waals surface area contributed by atoms with Gasteiger partial charge in [0.15, 0.2) is 5.75 Å². The Morgan fingerprint density at radius 1 is 1.21 bits per heavy atom. The number of ether oxygens (including phenoxy) is 1. The van der Waals surface area contributed by atoms with Crippen LogP contribution in [0.1, 0.15) is 5.56 Å². The monoisotopic (exact) mass is 324 g/mol. The molecule has 1 aromatic heterocycles. The predicted octanol–water partition coefficient (Wildman–Crippen LogP) is 2.39. The highest BCUT2D eigenvalue weighted by atomic mass is 16.5. The fraction of sp³-hybridized carbons (Fsp3) is 0.111. The number of pyridine rings is 1. The zero-order valence-corrected chi connectivity index (χ0v) is 13.0. The molecule has 0 amide bonds. The maximum Gasteiger partial charge on any atom is 0.298 e. The number of hydrogen-bond donors (Lipinski definition) is 2. The molecule has 2 N–H and O–H groups in total. The number of nitrogens with one attached hydrogen (secondary N) is 1. The smallest absolute Gasteiger partial charge is 0.298 e. The van der Waals surface area contributed by atoms with Crippen molar-refractivity contribution in [1.82, 2.24) is 4.57 Å². The third-order valence-corrected chi connectivity index (χ3v) is 3.83. The number of aryl methyl sites for hydroxylation is 1. The summed E-state index contributed by atoms with van der Waals surface area (Å²) in [5.74, 6) is -0.709. The highest BCUT2D eigenvalue weighted by Crippen LogP contribution is 2.32. The highest BCUT2D eigenvalue weighted by Gasteiger charge is 2.16. The van der Waals surface area contributed by atoms with Crippen LogP contribution < -0.4 is 15.6 Å². The van der Waals surface area contributed by atoms with E-state index in [0.717, 1.165) is 11.3 Å². The first-order chi connectivity index (χ1) is 11.6. The second-order valence-corrected chi connectivity index (χ2v) is 5.33. The Morgan fingerprint density at radius 2 is 1.96 bits per heavy atom. The Bertz CT molecular complexity index is 949. The molecule has 2 aromatic carbocycles. The normalized spacial score (nSPS) is 10.5. The Kier molecular flexibility index (Phi) is 4.20. The van der Waals surface area contributed by atoms with Crippen molar-refractivity contribution in [3.8, 4) is 11.5 Å². The molecule has 0 atom stereocenters. The molecule has 6 nitrogen and oxygen atoms in total. The zero-order valence-electron chi connectivity index (χ0n) is 13.0. The van der Waals surface area contributed by atoms with Crippen LogP contribution in [0.4, 0.5) is 5.69 Å². The van der Waals surface area contributed by atoms with Crippen molar-refractivity contribution in [3.63, 3.8) is 0 Å². The minimum Gasteiger partial charge on any atom is -0.504 e. The van der Waals surface area contributed by atoms with Gasteiger partial charge in [0.05, 0.1) is 5.52 Å². The Morgan fingerprint density at radius 3 is 2.67 bits per heavy atom. The van der Waals surface area contributed by atoms with E-state index in [-0.39, 0.29) is 18.0 Å². The molecule has 0 unspecified atom stereocenters. The number of benzene rings is 2. The fourth-order valence-corrected chi connectivity index (χ4v) is 2.56. The molecule has 0 aliphatic carbocycles. The van der Waals surface area contributed by atoms with Gasteiger partial charge in [0.25, 0.3) is 12.0 Å². The van der Waals surface area contributed by atoms with E-state index in [1.165, 1.54) is 4.57 Å². The first-order valence-electron chi connectivity index (χ1n) is 7.35. The number of aromatic hydroxyl groups is 1. The Labute approximate surface area is 137 Å². The average Bonchev–Trinajstić information content (AvgIpc) is 2.62. The molecule has 0 aliphatic rings. The SMILES string of the molecule is Cn1c(=O)c(OC=O)c(O)c2ccc(NCc3ccccc3)cc21. The predicted molar refractivity (Wildman–Crippen MR) is 91.3 cm³/mol. The van der Waals surface area contributed by atoms with Gasteiger partial charge in [-0.25, -0.2) is 0 Å². The van der Waals surface area contributed by atoms with Crippen LogP contribution in [0.3, 0.4) is 0 Å². The van der Waals surface area contributed by atoms with E-state index in [1.807, 2.05) is 30.3 Å². The second-order valence-electron chi connectivity index (χ2n) is 5.33. The van der Waals surface area contributed by atoms with Crippen LogP contribution in [-0.4, -0.2) is 16.1 Å². The van der Waals surface area contributed by atoms with Gasteiger partial charge < -0.3 is 19.7 Å². The van der Waals surface area contributed by atoms with Gasteiger partial charge in [-0.2, -0.15) is 0 Å². The Hall–Kier alpha value is -3.28. The van der Waals surface area contributed by atoms with Crippen molar-refractivity contribution in [2.24, 2.45) is 7.05 Å². The van der Waals surface area contributed by atoms with Gasteiger partial charge in [0.2, 0.25) is 5.75 Å². The average molecular weight is 324 g/mol. The topological polar surface area (TPSA) is 80.6 Å². The summed E-state index contributed by atoms with van der Waals surface area (Å²) in [4.78, 5) is 22.7. The number of nitrogens with zero attached hydrogens (tertiary/aromatic N) is 1. The largest absolute Gasteiger partial charge is 0.504 e. The third-order valence-electron chi connectivity index (χ3n) is 3.83. The molecule has 3 aromatic rings. The molecule has 0 saturated carbocycles. The van der Waals surface area contributed by atoms with Crippen molar-refractivity contribution < 1.29 is 14.6 Å². The van der Waals surface area contributed by atoms with E-state index in [9.17, 15) is 14.7 Å². The minimum absolute atomic E-state index is 0.123. The molecule has 0 fully saturated rings. The fourth-order valence-electron chi connectivity index (χ4n) is 2.56. The van der Waals surface area contributed by atoms with Crippen LogP contribution >= 0.6 is 0 Å². The van der Waals surface area contributed by atoms with Crippen LogP contribution in [0.25, 0.3) is 10.9 Å². The van der Waals surface area contributed by atoms with Crippen LogP contribution in [0.2, 0.25) is 0 Å². The second kappa shape index (κ2) is 6.45. The summed E-state index contributed by atoms with van der Waals surface area (Å²) in [6.07, 6.45) is 0. The van der Waals surface area contributed by atoms with E-state index >= 15 is 0 Å². The molecular formula is C18H16N2O4. The third kappa shape index (κ3) is 2.81. The van der Waals surface area contributed by atoms with Crippen LogP contribution in [-0.2, 0) is 18.4 Å². The van der Waals surface area contributed by atoms with Crippen molar-refractivity contribution in [3.05, 3.63) is 64.4 Å². The number of aromatic nitrogens is 1. The molecule has 0 bridgehead atoms. The van der Waals surface area contributed by atoms with Crippen molar-refractivity contribution >= 4 is 23.1 Å². The van der Waals surface area contributed by atoms with Crippen LogP contribution in [0.5, 0.6) is 11.5 Å². The quantitative estimate of drug-likeness (QED) is 0.704. The first kappa shape index (κ1) is 15.6. The summed E-state index contributed by atoms with van der Waals surface area (Å²) in [7, 11) is 1.56. The lowest BCUT2D eigenvalue weighted by molar-refractivity contribution is -0.120. The highest BCUT2D eigenvalue weighted by molar-refractivity contribution is 5.90. The summed E-state index contributed by atoms with van der Waals surface area (Å²) in [6, 6.07) is 15.1. The zero-order chi connectivity index (χ0) is 17.1. The van der Waals surface area contributed by atoms with E-state index in [1.54, 1.807) is 25.2 Å². The number of hydrogen-bond acceptors (Lipinski definition) is 5. The first-order valence-corrected chi connectivity index (χ1v) is 7.35. The minimum atomic E-state index is -0.577. The molecule has 1 heterocycles. The van der Waals surface area contributed by atoms with Gasteiger partial charge in [-0.1, -0.05) is 30.3 Å². The van der Waals surface area contributed by atoms with Crippen LogP contribution in [0, 0.1) is 0 Å². The van der Waals surface area contributed by atoms with Gasteiger partial charge in [-0.15, -0.1) is 0 Å². The number of rotatable bonds is 5. The lowest BCUT2D eigenvalue weighted by atomic mass is 10.1. The van der Waals surface area contributed by atoms with Crippen molar-refractivity contribution in [2.45, 2.75) is 6.54 Å². The molecule has 3 rings (SSSR count). The van der Waals surface area contributed by atoms with E-state index in [2.05, 4.69) is 10.1 Å². The van der Waals surface area contributed by atoms with Crippen LogP contribution in [0.15, 0.2) is 53.3 Å². The number of fused-ring (bicyclic) bond motifs is 1. The van der Waals surface area contributed by atoms with Gasteiger partial charge in [0, 0.05) is 24.7 Å². The molecule has 0 spiro atoms. The summed E-state index contributed by atoms with van der Waals surface area (Å²) in [6.45, 7) is 0.761. The molecule has 24 heavy (non-hydrogen) atoms. The molecule has 0 saturated heterocycles. The van der Waals surface area contributed by atoms with E-state index in [0.29, 0.717) is 17.4 Å². The van der Waals surface area contributed by atoms with E-state index in [4.69, 9.17) is 0 Å². The number of carbonyl (C=O) groups is 1. The maximum atomic E-state index is 12.2. The van der Waals surface area contributed by atoms with Crippen molar-refractivity contribution in [2.75, 3.05) is 5.32 Å². The number of anilines is 1. The Balaban J connectivity index is 1.99. The molecule has 122 valence electrons. The summed E-state index contributed by atoms with van der Waals surface area (Å²) >= 11 is 0. The van der Waals surface area contributed by atoms with Crippen molar-refractivity contribution in [1.29, 1.82) is 0 Å². The molecule has 0 radical (unpaired) electrons. The van der Waals surface area contributed by atoms with Gasteiger partial charge in [0.1, 0.15) is 0 Å². The molecule has 6 heteroatoms. The van der Waals surface area contributed by atoms with Gasteiger partial charge in [-0.05, 0) is 23.8 Å². The lowest BCUT2D eigenvalue weighted by Gasteiger charge is -2.12.